The topological polar surface area (TPSA) is 73.4 Å². The molecule has 2 N–H and O–H groups in total. The summed E-state index contributed by atoms with van der Waals surface area (Å²) in [4.78, 5) is 21.0. The maximum Gasteiger partial charge on any atom is 0.266 e. The number of fused-ring (bicyclic) bond motifs is 1. The summed E-state index contributed by atoms with van der Waals surface area (Å²) in [6.45, 7) is 8.84. The van der Waals surface area contributed by atoms with Gasteiger partial charge in [0.25, 0.3) is 5.56 Å². The molecule has 2 aromatic carbocycles. The Balaban J connectivity index is 1.69. The van der Waals surface area contributed by atoms with Crippen LogP contribution in [0.15, 0.2) is 53.3 Å². The highest BCUT2D eigenvalue weighted by Crippen LogP contribution is 2.21. The normalized spacial score (nSPS) is 20.8. The van der Waals surface area contributed by atoms with Crippen LogP contribution in [-0.2, 0) is 11.2 Å². The molecule has 0 aliphatic carbocycles. The number of morpholine rings is 1. The van der Waals surface area contributed by atoms with Crippen LogP contribution < -0.4 is 11.3 Å². The third-order valence-corrected chi connectivity index (χ3v) is 6.14. The fraction of sp³-hybridized carbons (Fsp3) is 0.440. The lowest BCUT2D eigenvalue weighted by Gasteiger charge is -2.38. The molecule has 0 bridgehead atoms. The Hall–Kier alpha value is -2.54. The minimum Gasteiger partial charge on any atom is -0.378 e. The van der Waals surface area contributed by atoms with Crippen molar-refractivity contribution in [1.82, 2.24) is 14.5 Å². The summed E-state index contributed by atoms with van der Waals surface area (Å²) in [6, 6.07) is 16.1. The van der Waals surface area contributed by atoms with E-state index < -0.39 is 0 Å². The molecule has 2 heterocycles. The third-order valence-electron chi connectivity index (χ3n) is 6.14. The van der Waals surface area contributed by atoms with Gasteiger partial charge in [0.2, 0.25) is 0 Å². The zero-order chi connectivity index (χ0) is 22.0. The number of ether oxygens (including phenoxy) is 1. The first-order chi connectivity index (χ1) is 15.0. The van der Waals surface area contributed by atoms with Gasteiger partial charge in [0.05, 0.1) is 35.8 Å². The van der Waals surface area contributed by atoms with E-state index in [0.29, 0.717) is 23.3 Å². The van der Waals surface area contributed by atoms with E-state index >= 15 is 0 Å². The molecule has 0 spiro atoms. The molecule has 0 saturated carbocycles. The number of aryl methyl sites for hydroxylation is 1. The molecule has 0 amide bonds. The second kappa shape index (κ2) is 9.30. The molecular formula is C25H32N4O2. The summed E-state index contributed by atoms with van der Waals surface area (Å²) in [5, 5.41) is 0.693. The summed E-state index contributed by atoms with van der Waals surface area (Å²) >= 11 is 0. The van der Waals surface area contributed by atoms with E-state index in [4.69, 9.17) is 15.5 Å². The van der Waals surface area contributed by atoms with Crippen LogP contribution in [0.25, 0.3) is 16.6 Å². The van der Waals surface area contributed by atoms with Crippen molar-refractivity contribution in [1.29, 1.82) is 0 Å². The quantitative estimate of drug-likeness (QED) is 0.661. The number of nitrogens with zero attached hydrogens (tertiary/aromatic N) is 3. The van der Waals surface area contributed by atoms with Crippen molar-refractivity contribution >= 4 is 10.9 Å². The van der Waals surface area contributed by atoms with Crippen molar-refractivity contribution in [3.63, 3.8) is 0 Å². The van der Waals surface area contributed by atoms with Gasteiger partial charge in [-0.15, -0.1) is 0 Å². The van der Waals surface area contributed by atoms with E-state index in [1.165, 1.54) is 0 Å². The van der Waals surface area contributed by atoms with Crippen molar-refractivity contribution in [2.75, 3.05) is 19.8 Å². The zero-order valence-corrected chi connectivity index (χ0v) is 18.6. The Morgan fingerprint density at radius 1 is 1.10 bits per heavy atom. The van der Waals surface area contributed by atoms with Crippen molar-refractivity contribution in [2.24, 2.45) is 5.73 Å². The lowest BCUT2D eigenvalue weighted by Crippen LogP contribution is -2.49. The molecule has 1 fully saturated rings. The van der Waals surface area contributed by atoms with Crippen molar-refractivity contribution in [3.05, 3.63) is 70.3 Å². The number of aromatic nitrogens is 2. The molecule has 3 atom stereocenters. The number of rotatable bonds is 6. The molecule has 4 rings (SSSR count). The van der Waals surface area contributed by atoms with Crippen LogP contribution in [0.5, 0.6) is 0 Å². The molecule has 31 heavy (non-hydrogen) atoms. The Bertz CT molecular complexity index is 1080. The van der Waals surface area contributed by atoms with Crippen LogP contribution in [0.3, 0.4) is 0 Å². The number of hydrogen-bond acceptors (Lipinski definition) is 5. The van der Waals surface area contributed by atoms with E-state index in [0.717, 1.165) is 49.4 Å². The van der Waals surface area contributed by atoms with Gasteiger partial charge in [-0.1, -0.05) is 30.3 Å². The van der Waals surface area contributed by atoms with Crippen LogP contribution in [0.4, 0.5) is 0 Å². The fourth-order valence-corrected chi connectivity index (χ4v) is 4.58. The first kappa shape index (κ1) is 21.7. The maximum absolute atomic E-state index is 13.7. The van der Waals surface area contributed by atoms with E-state index in [2.05, 4.69) is 24.8 Å². The van der Waals surface area contributed by atoms with Gasteiger partial charge in [-0.3, -0.25) is 14.3 Å². The van der Waals surface area contributed by atoms with Gasteiger partial charge >= 0.3 is 0 Å². The number of hydrogen-bond donors (Lipinski definition) is 1. The summed E-state index contributed by atoms with van der Waals surface area (Å²) < 4.78 is 7.31. The Morgan fingerprint density at radius 3 is 2.48 bits per heavy atom. The van der Waals surface area contributed by atoms with Gasteiger partial charge in [0.1, 0.15) is 5.82 Å². The molecule has 1 aliphatic rings. The van der Waals surface area contributed by atoms with Gasteiger partial charge in [-0.05, 0) is 63.9 Å². The van der Waals surface area contributed by atoms with Crippen LogP contribution in [0.1, 0.15) is 44.6 Å². The molecule has 2 unspecified atom stereocenters. The van der Waals surface area contributed by atoms with E-state index in [1.807, 2.05) is 49.4 Å². The smallest absolute Gasteiger partial charge is 0.266 e. The SMILES string of the molecule is CC1COCC(C)N1CCCc1cccc2nc([C@H](C)N)n(-c3ccccc3)c(=O)c12. The summed E-state index contributed by atoms with van der Waals surface area (Å²) in [7, 11) is 0. The highest BCUT2D eigenvalue weighted by molar-refractivity contribution is 5.81. The molecule has 1 aromatic heterocycles. The van der Waals surface area contributed by atoms with Crippen LogP contribution in [0, 0.1) is 0 Å². The van der Waals surface area contributed by atoms with E-state index in [1.54, 1.807) is 4.57 Å². The van der Waals surface area contributed by atoms with E-state index in [-0.39, 0.29) is 11.6 Å². The second-order valence-electron chi connectivity index (χ2n) is 8.62. The monoisotopic (exact) mass is 420 g/mol. The molecule has 0 radical (unpaired) electrons. The largest absolute Gasteiger partial charge is 0.378 e. The van der Waals surface area contributed by atoms with Crippen LogP contribution in [0.2, 0.25) is 0 Å². The minimum atomic E-state index is -0.356. The first-order valence-electron chi connectivity index (χ1n) is 11.2. The zero-order valence-electron chi connectivity index (χ0n) is 18.6. The molecule has 164 valence electrons. The Labute approximate surface area is 183 Å². The van der Waals surface area contributed by atoms with Crippen LogP contribution >= 0.6 is 0 Å². The summed E-state index contributed by atoms with van der Waals surface area (Å²) in [6.07, 6.45) is 1.81. The highest BCUT2D eigenvalue weighted by atomic mass is 16.5. The maximum atomic E-state index is 13.7. The standard InChI is InChI=1S/C25H32N4O2/c1-17-15-31-16-18(2)28(17)14-8-10-20-9-7-13-22-23(20)25(30)29(24(27-22)19(3)26)21-11-5-4-6-12-21/h4-7,9,11-13,17-19H,8,10,14-16,26H2,1-3H3/t17?,18?,19-/m0/s1. The van der Waals surface area contributed by atoms with E-state index in [9.17, 15) is 4.79 Å². The van der Waals surface area contributed by atoms with Gasteiger partial charge in [0, 0.05) is 12.1 Å². The lowest BCUT2D eigenvalue weighted by atomic mass is 10.0. The molecule has 6 heteroatoms. The predicted octanol–water partition coefficient (Wildman–Crippen LogP) is 3.45. The molecule has 1 aliphatic heterocycles. The molecular weight excluding hydrogens is 388 g/mol. The number of benzene rings is 2. The minimum absolute atomic E-state index is 0.0489. The molecule has 6 nitrogen and oxygen atoms in total. The van der Waals surface area contributed by atoms with Gasteiger partial charge in [0.15, 0.2) is 0 Å². The average Bonchev–Trinajstić information content (AvgIpc) is 2.76. The van der Waals surface area contributed by atoms with Gasteiger partial charge in [-0.25, -0.2) is 4.98 Å². The molecule has 3 aromatic rings. The van der Waals surface area contributed by atoms with Crippen LogP contribution in [-0.4, -0.2) is 46.3 Å². The van der Waals surface area contributed by atoms with Crippen molar-refractivity contribution in [2.45, 2.75) is 51.7 Å². The highest BCUT2D eigenvalue weighted by Gasteiger charge is 2.25. The first-order valence-corrected chi connectivity index (χ1v) is 11.2. The molecule has 1 saturated heterocycles. The summed E-state index contributed by atoms with van der Waals surface area (Å²) in [5.74, 6) is 0.580. The Kier molecular flexibility index (Phi) is 6.51. The lowest BCUT2D eigenvalue weighted by molar-refractivity contribution is -0.0368. The van der Waals surface area contributed by atoms with Crippen molar-refractivity contribution < 1.29 is 4.74 Å². The Morgan fingerprint density at radius 2 is 1.81 bits per heavy atom. The van der Waals surface area contributed by atoms with Crippen molar-refractivity contribution in [3.8, 4) is 5.69 Å². The predicted molar refractivity (Wildman–Crippen MR) is 125 cm³/mol. The average molecular weight is 421 g/mol. The number of para-hydroxylation sites is 1. The second-order valence-corrected chi connectivity index (χ2v) is 8.62. The van der Waals surface area contributed by atoms with Gasteiger partial charge in [-0.2, -0.15) is 0 Å². The third kappa shape index (κ3) is 4.42. The summed E-state index contributed by atoms with van der Waals surface area (Å²) in [5.41, 5.74) is 8.71. The number of nitrogens with two attached hydrogens (primary N) is 1. The fourth-order valence-electron chi connectivity index (χ4n) is 4.58. The van der Waals surface area contributed by atoms with Gasteiger partial charge < -0.3 is 10.5 Å².